The second-order valence-electron chi connectivity index (χ2n) is 5.29. The lowest BCUT2D eigenvalue weighted by Gasteiger charge is -2.35. The fourth-order valence-electron chi connectivity index (χ4n) is 2.28. The third-order valence-corrected chi connectivity index (χ3v) is 3.38. The number of nitrogens with zero attached hydrogens (tertiary/aromatic N) is 4. The number of hydrogen-bond acceptors (Lipinski definition) is 5. The molecule has 0 amide bonds. The van der Waals surface area contributed by atoms with Gasteiger partial charge in [0, 0.05) is 38.9 Å². The second kappa shape index (κ2) is 6.25. The summed E-state index contributed by atoms with van der Waals surface area (Å²) < 4.78 is 0. The molecule has 1 aromatic rings. The first kappa shape index (κ1) is 14.1. The largest absolute Gasteiger partial charge is 0.388 e. The van der Waals surface area contributed by atoms with E-state index < -0.39 is 0 Å². The predicted octanol–water partition coefficient (Wildman–Crippen LogP) is 0.889. The van der Waals surface area contributed by atoms with Crippen LogP contribution in [0.5, 0.6) is 0 Å². The first-order chi connectivity index (χ1) is 9.06. The van der Waals surface area contributed by atoms with E-state index in [0.29, 0.717) is 16.6 Å². The summed E-state index contributed by atoms with van der Waals surface area (Å²) in [6.45, 7) is 9.67. The van der Waals surface area contributed by atoms with Gasteiger partial charge in [0.05, 0.1) is 0 Å². The fraction of sp³-hybridized carbons (Fsp3) is 0.615. The zero-order chi connectivity index (χ0) is 13.8. The van der Waals surface area contributed by atoms with Gasteiger partial charge in [-0.3, -0.25) is 4.90 Å². The zero-order valence-electron chi connectivity index (χ0n) is 11.5. The SMILES string of the molecule is CC(C)CN1CCN(c2nccc(C(N)=S)n2)CC1. The Bertz CT molecular complexity index is 440. The fourth-order valence-corrected chi connectivity index (χ4v) is 2.40. The molecule has 0 saturated carbocycles. The Kier molecular flexibility index (Phi) is 4.66. The molecule has 1 aromatic heterocycles. The van der Waals surface area contributed by atoms with Gasteiger partial charge in [-0.2, -0.15) is 0 Å². The molecule has 104 valence electrons. The lowest BCUT2D eigenvalue weighted by atomic mass is 10.2. The molecule has 0 aromatic carbocycles. The van der Waals surface area contributed by atoms with Crippen molar-refractivity contribution in [2.45, 2.75) is 13.8 Å². The molecule has 2 rings (SSSR count). The number of rotatable bonds is 4. The van der Waals surface area contributed by atoms with Gasteiger partial charge in [-0.1, -0.05) is 26.1 Å². The van der Waals surface area contributed by atoms with Gasteiger partial charge in [-0.15, -0.1) is 0 Å². The monoisotopic (exact) mass is 279 g/mol. The molecule has 19 heavy (non-hydrogen) atoms. The lowest BCUT2D eigenvalue weighted by Crippen LogP contribution is -2.48. The Morgan fingerprint density at radius 3 is 2.63 bits per heavy atom. The molecule has 5 nitrogen and oxygen atoms in total. The zero-order valence-corrected chi connectivity index (χ0v) is 12.4. The molecule has 2 heterocycles. The number of thiocarbonyl (C=S) groups is 1. The van der Waals surface area contributed by atoms with Crippen molar-refractivity contribution >= 4 is 23.2 Å². The van der Waals surface area contributed by atoms with Crippen molar-refractivity contribution in [1.82, 2.24) is 14.9 Å². The van der Waals surface area contributed by atoms with Crippen LogP contribution in [0.2, 0.25) is 0 Å². The minimum Gasteiger partial charge on any atom is -0.388 e. The molecule has 1 saturated heterocycles. The van der Waals surface area contributed by atoms with Crippen molar-refractivity contribution in [2.24, 2.45) is 11.7 Å². The van der Waals surface area contributed by atoms with Crippen LogP contribution in [0.1, 0.15) is 19.5 Å². The van der Waals surface area contributed by atoms with E-state index in [-0.39, 0.29) is 0 Å². The topological polar surface area (TPSA) is 58.3 Å². The van der Waals surface area contributed by atoms with Crippen LogP contribution in [0.3, 0.4) is 0 Å². The molecule has 1 fully saturated rings. The minimum absolute atomic E-state index is 0.321. The molecule has 0 radical (unpaired) electrons. The standard InChI is InChI=1S/C13H21N5S/c1-10(2)9-17-5-7-18(8-6-17)13-15-4-3-11(16-13)12(14)19/h3-4,10H,5-9H2,1-2H3,(H2,14,19). The third-order valence-electron chi connectivity index (χ3n) is 3.17. The Labute approximate surface area is 119 Å². The predicted molar refractivity (Wildman–Crippen MR) is 81.4 cm³/mol. The van der Waals surface area contributed by atoms with E-state index in [0.717, 1.165) is 38.7 Å². The van der Waals surface area contributed by atoms with Gasteiger partial charge in [0.15, 0.2) is 0 Å². The smallest absolute Gasteiger partial charge is 0.226 e. The van der Waals surface area contributed by atoms with E-state index in [1.165, 1.54) is 0 Å². The third kappa shape index (κ3) is 3.84. The quantitative estimate of drug-likeness (QED) is 0.826. The summed E-state index contributed by atoms with van der Waals surface area (Å²) >= 11 is 4.95. The van der Waals surface area contributed by atoms with Crippen LogP contribution >= 0.6 is 12.2 Å². The Morgan fingerprint density at radius 1 is 1.37 bits per heavy atom. The summed E-state index contributed by atoms with van der Waals surface area (Å²) in [5, 5.41) is 0. The van der Waals surface area contributed by atoms with Crippen molar-refractivity contribution in [3.63, 3.8) is 0 Å². The van der Waals surface area contributed by atoms with Gasteiger partial charge < -0.3 is 10.6 Å². The van der Waals surface area contributed by atoms with E-state index in [2.05, 4.69) is 33.6 Å². The van der Waals surface area contributed by atoms with Crippen LogP contribution in [0.15, 0.2) is 12.3 Å². The molecule has 2 N–H and O–H groups in total. The summed E-state index contributed by atoms with van der Waals surface area (Å²) in [4.78, 5) is 13.7. The minimum atomic E-state index is 0.321. The van der Waals surface area contributed by atoms with E-state index >= 15 is 0 Å². The highest BCUT2D eigenvalue weighted by Crippen LogP contribution is 2.12. The maximum absolute atomic E-state index is 5.60. The number of piperazine rings is 1. The van der Waals surface area contributed by atoms with Gasteiger partial charge in [0.1, 0.15) is 10.7 Å². The first-order valence-corrected chi connectivity index (χ1v) is 7.07. The highest BCUT2D eigenvalue weighted by Gasteiger charge is 2.19. The highest BCUT2D eigenvalue weighted by atomic mass is 32.1. The molecule has 0 bridgehead atoms. The Morgan fingerprint density at radius 2 is 2.05 bits per heavy atom. The van der Waals surface area contributed by atoms with E-state index in [1.54, 1.807) is 12.3 Å². The maximum Gasteiger partial charge on any atom is 0.226 e. The van der Waals surface area contributed by atoms with Gasteiger partial charge in [-0.25, -0.2) is 9.97 Å². The van der Waals surface area contributed by atoms with Crippen LogP contribution in [-0.2, 0) is 0 Å². The normalized spacial score (nSPS) is 16.9. The summed E-state index contributed by atoms with van der Waals surface area (Å²) in [5.41, 5.74) is 6.25. The van der Waals surface area contributed by atoms with E-state index in [4.69, 9.17) is 18.0 Å². The molecular weight excluding hydrogens is 258 g/mol. The molecule has 1 aliphatic heterocycles. The maximum atomic E-state index is 5.60. The van der Waals surface area contributed by atoms with Crippen molar-refractivity contribution in [3.8, 4) is 0 Å². The number of aromatic nitrogens is 2. The van der Waals surface area contributed by atoms with Crippen molar-refractivity contribution in [3.05, 3.63) is 18.0 Å². The summed E-state index contributed by atoms with van der Waals surface area (Å²) in [5.74, 6) is 1.44. The molecule has 6 heteroatoms. The van der Waals surface area contributed by atoms with Crippen LogP contribution in [0.25, 0.3) is 0 Å². The summed E-state index contributed by atoms with van der Waals surface area (Å²) in [6, 6.07) is 1.75. The van der Waals surface area contributed by atoms with Crippen LogP contribution < -0.4 is 10.6 Å². The van der Waals surface area contributed by atoms with E-state index in [1.807, 2.05) is 0 Å². The number of hydrogen-bond donors (Lipinski definition) is 1. The molecule has 0 aliphatic carbocycles. The molecule has 1 aliphatic rings. The van der Waals surface area contributed by atoms with Crippen LogP contribution in [0.4, 0.5) is 5.95 Å². The van der Waals surface area contributed by atoms with Gasteiger partial charge in [0.25, 0.3) is 0 Å². The number of nitrogens with two attached hydrogens (primary N) is 1. The molecule has 0 atom stereocenters. The van der Waals surface area contributed by atoms with Gasteiger partial charge in [0.2, 0.25) is 5.95 Å². The van der Waals surface area contributed by atoms with Crippen molar-refractivity contribution < 1.29 is 0 Å². The highest BCUT2D eigenvalue weighted by molar-refractivity contribution is 7.80. The Balaban J connectivity index is 1.97. The average Bonchev–Trinajstić information content (AvgIpc) is 2.39. The molecular formula is C13H21N5S. The van der Waals surface area contributed by atoms with Crippen molar-refractivity contribution in [2.75, 3.05) is 37.6 Å². The van der Waals surface area contributed by atoms with E-state index in [9.17, 15) is 0 Å². The van der Waals surface area contributed by atoms with Crippen LogP contribution in [0, 0.1) is 5.92 Å². The molecule has 0 spiro atoms. The van der Waals surface area contributed by atoms with Gasteiger partial charge in [-0.05, 0) is 12.0 Å². The van der Waals surface area contributed by atoms with Gasteiger partial charge >= 0.3 is 0 Å². The van der Waals surface area contributed by atoms with Crippen molar-refractivity contribution in [1.29, 1.82) is 0 Å². The Hall–Kier alpha value is -1.27. The second-order valence-corrected chi connectivity index (χ2v) is 5.73. The summed E-state index contributed by atoms with van der Waals surface area (Å²) in [7, 11) is 0. The first-order valence-electron chi connectivity index (χ1n) is 6.66. The molecule has 0 unspecified atom stereocenters. The lowest BCUT2D eigenvalue weighted by molar-refractivity contribution is 0.230. The number of anilines is 1. The summed E-state index contributed by atoms with van der Waals surface area (Å²) in [6.07, 6.45) is 1.72. The van der Waals surface area contributed by atoms with Crippen LogP contribution in [-0.4, -0.2) is 52.6 Å². The average molecular weight is 279 g/mol.